The minimum atomic E-state index is 0.483. The Morgan fingerprint density at radius 1 is 0.727 bits per heavy atom. The van der Waals surface area contributed by atoms with Gasteiger partial charge in [-0.15, -0.1) is 11.3 Å². The number of aromatic nitrogens is 1. The van der Waals surface area contributed by atoms with E-state index in [2.05, 4.69) is 106 Å². The zero-order valence-corrected chi connectivity index (χ0v) is 19.9. The lowest BCUT2D eigenvalue weighted by molar-refractivity contribution is 0.852. The molecule has 160 valence electrons. The first-order valence-electron chi connectivity index (χ1n) is 11.5. The van der Waals surface area contributed by atoms with Gasteiger partial charge in [0.15, 0.2) is 0 Å². The van der Waals surface area contributed by atoms with Crippen LogP contribution in [0.2, 0.25) is 0 Å². The van der Waals surface area contributed by atoms with Crippen molar-refractivity contribution in [2.24, 2.45) is 0 Å². The molecule has 0 radical (unpaired) electrons. The Morgan fingerprint density at radius 3 is 2.36 bits per heavy atom. The normalized spacial score (nSPS) is 11.8. The first-order valence-corrected chi connectivity index (χ1v) is 12.3. The van der Waals surface area contributed by atoms with Gasteiger partial charge in [0.25, 0.3) is 0 Å². The molecule has 4 aromatic carbocycles. The molecule has 6 rings (SSSR count). The summed E-state index contributed by atoms with van der Waals surface area (Å²) < 4.78 is 2.63. The highest BCUT2D eigenvalue weighted by atomic mass is 32.1. The Hall–Kier alpha value is -3.49. The average molecular weight is 444 g/mol. The van der Waals surface area contributed by atoms with Crippen LogP contribution in [0.1, 0.15) is 30.9 Å². The van der Waals surface area contributed by atoms with Crippen LogP contribution in [-0.4, -0.2) is 4.98 Å². The molecule has 1 nitrogen and oxygen atoms in total. The molecule has 0 aliphatic rings. The number of nitrogens with zero attached hydrogens (tertiary/aromatic N) is 1. The van der Waals surface area contributed by atoms with Crippen LogP contribution in [-0.2, 0) is 0 Å². The smallest absolute Gasteiger partial charge is 0.0719 e. The van der Waals surface area contributed by atoms with Crippen molar-refractivity contribution < 1.29 is 0 Å². The summed E-state index contributed by atoms with van der Waals surface area (Å²) in [7, 11) is 0. The molecule has 2 heterocycles. The maximum Gasteiger partial charge on any atom is 0.0719 e. The van der Waals surface area contributed by atoms with E-state index in [1.54, 1.807) is 0 Å². The van der Waals surface area contributed by atoms with E-state index >= 15 is 0 Å². The van der Waals surface area contributed by atoms with Crippen LogP contribution in [0.15, 0.2) is 91.1 Å². The second kappa shape index (κ2) is 7.83. The topological polar surface area (TPSA) is 12.9 Å². The predicted octanol–water partition coefficient (Wildman–Crippen LogP) is 9.37. The minimum absolute atomic E-state index is 0.483. The zero-order chi connectivity index (χ0) is 22.5. The third-order valence-corrected chi connectivity index (χ3v) is 7.84. The van der Waals surface area contributed by atoms with Gasteiger partial charge in [-0.3, -0.25) is 4.98 Å². The van der Waals surface area contributed by atoms with Gasteiger partial charge >= 0.3 is 0 Å². The summed E-state index contributed by atoms with van der Waals surface area (Å²) in [6, 6.07) is 31.0. The number of fused-ring (bicyclic) bond motifs is 4. The Labute approximate surface area is 198 Å². The first-order chi connectivity index (χ1) is 16.1. The summed E-state index contributed by atoms with van der Waals surface area (Å²) in [6.07, 6.45) is 2.02. The number of benzene rings is 4. The van der Waals surface area contributed by atoms with E-state index in [1.807, 2.05) is 17.5 Å². The SMILES string of the molecule is Cc1cnc(-c2cccc3c2sc2cc(-c4cccc5ccccc45)ccc23)cc1C(C)C. The molecule has 2 aromatic heterocycles. The van der Waals surface area contributed by atoms with Gasteiger partial charge in [0.2, 0.25) is 0 Å². The van der Waals surface area contributed by atoms with Crippen LogP contribution in [0.4, 0.5) is 0 Å². The predicted molar refractivity (Wildman–Crippen MR) is 144 cm³/mol. The standard InChI is InChI=1S/C31H25NS/c1-19(2)28-17-29(32-18-20(28)3)27-13-7-12-26-25-15-14-22(16-30(25)33-31(26)27)24-11-6-9-21-8-4-5-10-23(21)24/h4-19H,1-3H3. The zero-order valence-electron chi connectivity index (χ0n) is 19.1. The lowest BCUT2D eigenvalue weighted by Gasteiger charge is -2.11. The van der Waals surface area contributed by atoms with Crippen molar-refractivity contribution in [3.8, 4) is 22.4 Å². The lowest BCUT2D eigenvalue weighted by Crippen LogP contribution is -1.95. The molecule has 0 fully saturated rings. The molecule has 2 heteroatoms. The Kier molecular flexibility index (Phi) is 4.78. The molecule has 0 spiro atoms. The number of rotatable bonds is 3. The number of pyridine rings is 1. The van der Waals surface area contributed by atoms with E-state index in [-0.39, 0.29) is 0 Å². The third kappa shape index (κ3) is 3.34. The van der Waals surface area contributed by atoms with Crippen LogP contribution in [0.3, 0.4) is 0 Å². The summed E-state index contributed by atoms with van der Waals surface area (Å²) in [5.74, 6) is 0.483. The van der Waals surface area contributed by atoms with E-state index < -0.39 is 0 Å². The molecule has 6 aromatic rings. The van der Waals surface area contributed by atoms with Gasteiger partial charge in [0, 0.05) is 31.9 Å². The minimum Gasteiger partial charge on any atom is -0.256 e. The van der Waals surface area contributed by atoms with E-state index in [1.165, 1.54) is 58.8 Å². The van der Waals surface area contributed by atoms with Crippen LogP contribution < -0.4 is 0 Å². The molecule has 33 heavy (non-hydrogen) atoms. The largest absolute Gasteiger partial charge is 0.256 e. The fourth-order valence-electron chi connectivity index (χ4n) is 4.95. The van der Waals surface area contributed by atoms with Crippen LogP contribution >= 0.6 is 11.3 Å². The molecule has 0 saturated heterocycles. The van der Waals surface area contributed by atoms with Crippen molar-refractivity contribution in [2.75, 3.05) is 0 Å². The fourth-order valence-corrected chi connectivity index (χ4v) is 6.22. The maximum atomic E-state index is 4.82. The van der Waals surface area contributed by atoms with Gasteiger partial charge < -0.3 is 0 Å². The highest BCUT2D eigenvalue weighted by molar-refractivity contribution is 7.26. The number of hydrogen-bond donors (Lipinski definition) is 0. The highest BCUT2D eigenvalue weighted by Crippen LogP contribution is 2.42. The van der Waals surface area contributed by atoms with Gasteiger partial charge in [0.1, 0.15) is 0 Å². The molecule has 0 amide bonds. The number of hydrogen-bond acceptors (Lipinski definition) is 2. The lowest BCUT2D eigenvalue weighted by atomic mass is 9.96. The molecule has 0 atom stereocenters. The number of thiophene rings is 1. The van der Waals surface area contributed by atoms with E-state index in [0.717, 1.165) is 5.69 Å². The maximum absolute atomic E-state index is 4.82. The average Bonchev–Trinajstić information content (AvgIpc) is 3.22. The molecule has 0 N–H and O–H groups in total. The van der Waals surface area contributed by atoms with E-state index in [0.29, 0.717) is 5.92 Å². The summed E-state index contributed by atoms with van der Waals surface area (Å²) in [6.45, 7) is 6.66. The van der Waals surface area contributed by atoms with Crippen LogP contribution in [0.25, 0.3) is 53.3 Å². The monoisotopic (exact) mass is 443 g/mol. The molecule has 0 saturated carbocycles. The van der Waals surface area contributed by atoms with Crippen molar-refractivity contribution >= 4 is 42.3 Å². The molecule has 0 unspecified atom stereocenters. The molecular formula is C31H25NS. The van der Waals surface area contributed by atoms with Gasteiger partial charge in [-0.2, -0.15) is 0 Å². The van der Waals surface area contributed by atoms with Gasteiger partial charge in [-0.25, -0.2) is 0 Å². The summed E-state index contributed by atoms with van der Waals surface area (Å²) >= 11 is 1.88. The van der Waals surface area contributed by atoms with Crippen molar-refractivity contribution in [1.29, 1.82) is 0 Å². The molecule has 0 bridgehead atoms. The van der Waals surface area contributed by atoms with Crippen molar-refractivity contribution in [3.05, 3.63) is 102 Å². The van der Waals surface area contributed by atoms with E-state index in [9.17, 15) is 0 Å². The molecular weight excluding hydrogens is 418 g/mol. The summed E-state index contributed by atoms with van der Waals surface area (Å²) in [4.78, 5) is 4.82. The van der Waals surface area contributed by atoms with Crippen LogP contribution in [0.5, 0.6) is 0 Å². The van der Waals surface area contributed by atoms with Gasteiger partial charge in [0.05, 0.1) is 5.69 Å². The fraction of sp³-hybridized carbons (Fsp3) is 0.129. The highest BCUT2D eigenvalue weighted by Gasteiger charge is 2.14. The van der Waals surface area contributed by atoms with Crippen molar-refractivity contribution in [3.63, 3.8) is 0 Å². The Morgan fingerprint density at radius 2 is 1.48 bits per heavy atom. The summed E-state index contributed by atoms with van der Waals surface area (Å²) in [5.41, 5.74) is 7.48. The Balaban J connectivity index is 1.55. The second-order valence-corrected chi connectivity index (χ2v) is 10.2. The van der Waals surface area contributed by atoms with Gasteiger partial charge in [-0.1, -0.05) is 86.6 Å². The van der Waals surface area contributed by atoms with Crippen molar-refractivity contribution in [2.45, 2.75) is 26.7 Å². The molecule has 0 aliphatic carbocycles. The summed E-state index contributed by atoms with van der Waals surface area (Å²) in [5, 5.41) is 5.20. The quantitative estimate of drug-likeness (QED) is 0.265. The van der Waals surface area contributed by atoms with Crippen molar-refractivity contribution in [1.82, 2.24) is 4.98 Å². The van der Waals surface area contributed by atoms with E-state index in [4.69, 9.17) is 4.98 Å². The van der Waals surface area contributed by atoms with Gasteiger partial charge in [-0.05, 0) is 58.0 Å². The number of aryl methyl sites for hydroxylation is 1. The Bertz CT molecular complexity index is 1650. The molecule has 0 aliphatic heterocycles. The second-order valence-electron chi connectivity index (χ2n) is 9.10. The first kappa shape index (κ1) is 20.1. The van der Waals surface area contributed by atoms with Crippen LogP contribution in [0, 0.1) is 6.92 Å². The third-order valence-electron chi connectivity index (χ3n) is 6.64.